The van der Waals surface area contributed by atoms with E-state index in [0.717, 1.165) is 0 Å². The van der Waals surface area contributed by atoms with Crippen molar-refractivity contribution >= 4 is 5.97 Å². The molecule has 0 saturated heterocycles. The normalized spacial score (nSPS) is 10.9. The number of halogens is 3. The minimum Gasteiger partial charge on any atom is -0.493 e. The van der Waals surface area contributed by atoms with Crippen LogP contribution in [-0.4, -0.2) is 26.4 Å². The summed E-state index contributed by atoms with van der Waals surface area (Å²) in [6.45, 7) is 0. The monoisotopic (exact) mass is 250 g/mol. The number of benzene rings is 1. The van der Waals surface area contributed by atoms with Crippen molar-refractivity contribution in [1.82, 2.24) is 0 Å². The van der Waals surface area contributed by atoms with Gasteiger partial charge in [-0.15, -0.1) is 0 Å². The average Bonchev–Trinajstić information content (AvgIpc) is 2.28. The van der Waals surface area contributed by atoms with E-state index in [1.165, 1.54) is 32.4 Å². The number of ether oxygens (including phenoxy) is 3. The zero-order valence-corrected chi connectivity index (χ0v) is 9.00. The maximum absolute atomic E-state index is 12.0. The second kappa shape index (κ2) is 4.94. The van der Waals surface area contributed by atoms with Crippen molar-refractivity contribution < 1.29 is 32.2 Å². The van der Waals surface area contributed by atoms with E-state index in [2.05, 4.69) is 4.74 Å². The van der Waals surface area contributed by atoms with E-state index in [-0.39, 0.29) is 11.5 Å². The predicted octanol–water partition coefficient (Wildman–Crippen LogP) is 2.17. The summed E-state index contributed by atoms with van der Waals surface area (Å²) in [6, 6.07) is 4.19. The molecule has 0 atom stereocenters. The minimum atomic E-state index is -5.08. The molecule has 4 nitrogen and oxygen atoms in total. The Morgan fingerprint density at radius 2 is 1.59 bits per heavy atom. The predicted molar refractivity (Wildman–Crippen MR) is 51.2 cm³/mol. The molecule has 94 valence electrons. The summed E-state index contributed by atoms with van der Waals surface area (Å²) < 4.78 is 49.9. The van der Waals surface area contributed by atoms with Crippen LogP contribution >= 0.6 is 0 Å². The smallest absolute Gasteiger partial charge is 0.491 e. The highest BCUT2D eigenvalue weighted by molar-refractivity contribution is 5.79. The van der Waals surface area contributed by atoms with Crippen LogP contribution in [0.25, 0.3) is 0 Å². The van der Waals surface area contributed by atoms with Crippen LogP contribution in [0.5, 0.6) is 17.2 Å². The first-order chi connectivity index (χ1) is 7.90. The zero-order valence-electron chi connectivity index (χ0n) is 9.00. The quantitative estimate of drug-likeness (QED) is 0.609. The van der Waals surface area contributed by atoms with E-state index < -0.39 is 17.9 Å². The molecule has 0 aliphatic carbocycles. The largest absolute Gasteiger partial charge is 0.493 e. The van der Waals surface area contributed by atoms with Crippen molar-refractivity contribution in [1.29, 1.82) is 0 Å². The van der Waals surface area contributed by atoms with Gasteiger partial charge < -0.3 is 14.2 Å². The summed E-state index contributed by atoms with van der Waals surface area (Å²) in [5.74, 6) is -2.79. The molecule has 0 aliphatic rings. The fourth-order valence-electron chi connectivity index (χ4n) is 1.07. The van der Waals surface area contributed by atoms with Crippen molar-refractivity contribution in [3.8, 4) is 17.2 Å². The molecule has 0 radical (unpaired) electrons. The number of rotatable bonds is 3. The van der Waals surface area contributed by atoms with Gasteiger partial charge in [-0.3, -0.25) is 0 Å². The van der Waals surface area contributed by atoms with Crippen LogP contribution in [0, 0.1) is 0 Å². The number of methoxy groups -OCH3 is 2. The maximum atomic E-state index is 12.0. The highest BCUT2D eigenvalue weighted by Gasteiger charge is 2.42. The van der Waals surface area contributed by atoms with Crippen molar-refractivity contribution in [3.05, 3.63) is 18.2 Å². The van der Waals surface area contributed by atoms with Crippen LogP contribution in [-0.2, 0) is 4.79 Å². The van der Waals surface area contributed by atoms with Crippen molar-refractivity contribution in [2.45, 2.75) is 6.18 Å². The molecule has 1 rings (SSSR count). The molecule has 0 heterocycles. The Balaban J connectivity index is 3.08. The highest BCUT2D eigenvalue weighted by atomic mass is 19.4. The molecule has 0 bridgehead atoms. The number of alkyl halides is 3. The summed E-state index contributed by atoms with van der Waals surface area (Å²) in [7, 11) is 2.47. The van der Waals surface area contributed by atoms with Crippen molar-refractivity contribution in [3.63, 3.8) is 0 Å². The van der Waals surface area contributed by atoms with Crippen molar-refractivity contribution in [2.24, 2.45) is 0 Å². The summed E-state index contributed by atoms with van der Waals surface area (Å²) >= 11 is 0. The fourth-order valence-corrected chi connectivity index (χ4v) is 1.07. The number of para-hydroxylation sites is 1. The third-order valence-electron chi connectivity index (χ3n) is 1.81. The zero-order chi connectivity index (χ0) is 13.1. The van der Waals surface area contributed by atoms with Gasteiger partial charge in [0.2, 0.25) is 5.75 Å². The standard InChI is InChI=1S/C10H9F3O4/c1-15-6-4-3-5-7(16-2)8(6)17-9(14)10(11,12)13/h3-5H,1-2H3. The summed E-state index contributed by atoms with van der Waals surface area (Å²) in [5.41, 5.74) is 0. The van der Waals surface area contributed by atoms with Gasteiger partial charge in [0.15, 0.2) is 11.5 Å². The number of hydrogen-bond donors (Lipinski definition) is 0. The van der Waals surface area contributed by atoms with E-state index in [4.69, 9.17) is 9.47 Å². The first-order valence-corrected chi connectivity index (χ1v) is 4.40. The van der Waals surface area contributed by atoms with Crippen LogP contribution in [0.1, 0.15) is 0 Å². The summed E-state index contributed by atoms with van der Waals surface area (Å²) in [6.07, 6.45) is -5.08. The number of esters is 1. The van der Waals surface area contributed by atoms with Gasteiger partial charge in [-0.25, -0.2) is 4.79 Å². The molecule has 0 N–H and O–H groups in total. The average molecular weight is 250 g/mol. The molecule has 0 fully saturated rings. The van der Waals surface area contributed by atoms with Gasteiger partial charge in [0.25, 0.3) is 0 Å². The third kappa shape index (κ3) is 3.02. The third-order valence-corrected chi connectivity index (χ3v) is 1.81. The van der Waals surface area contributed by atoms with Gasteiger partial charge >= 0.3 is 12.1 Å². The Morgan fingerprint density at radius 3 is 1.94 bits per heavy atom. The maximum Gasteiger partial charge on any atom is 0.491 e. The van der Waals surface area contributed by atoms with Crippen LogP contribution < -0.4 is 14.2 Å². The lowest BCUT2D eigenvalue weighted by Gasteiger charge is -2.13. The SMILES string of the molecule is COc1cccc(OC)c1OC(=O)C(F)(F)F. The Labute approximate surface area is 94.9 Å². The van der Waals surface area contributed by atoms with E-state index in [0.29, 0.717) is 0 Å². The fraction of sp³-hybridized carbons (Fsp3) is 0.300. The second-order valence-electron chi connectivity index (χ2n) is 2.88. The second-order valence-corrected chi connectivity index (χ2v) is 2.88. The van der Waals surface area contributed by atoms with Gasteiger partial charge in [-0.05, 0) is 12.1 Å². The van der Waals surface area contributed by atoms with Gasteiger partial charge in [-0.1, -0.05) is 6.07 Å². The number of carbonyl (C=O) groups excluding carboxylic acids is 1. The van der Waals surface area contributed by atoms with E-state index in [1.54, 1.807) is 0 Å². The van der Waals surface area contributed by atoms with Gasteiger partial charge in [0.05, 0.1) is 14.2 Å². The van der Waals surface area contributed by atoms with E-state index in [1.807, 2.05) is 0 Å². The molecule has 7 heteroatoms. The molecule has 0 unspecified atom stereocenters. The summed E-state index contributed by atoms with van der Waals surface area (Å²) in [4.78, 5) is 10.7. The molecule has 0 spiro atoms. The summed E-state index contributed by atoms with van der Waals surface area (Å²) in [5, 5.41) is 0. The lowest BCUT2D eigenvalue weighted by atomic mass is 10.3. The molecule has 0 aromatic heterocycles. The molecule has 0 amide bonds. The lowest BCUT2D eigenvalue weighted by molar-refractivity contribution is -0.189. The Kier molecular flexibility index (Phi) is 3.82. The minimum absolute atomic E-state index is 0.0260. The van der Waals surface area contributed by atoms with E-state index >= 15 is 0 Å². The molecular weight excluding hydrogens is 241 g/mol. The topological polar surface area (TPSA) is 44.8 Å². The molecular formula is C10H9F3O4. The molecule has 0 saturated carbocycles. The van der Waals surface area contributed by atoms with Crippen LogP contribution in [0.15, 0.2) is 18.2 Å². The first-order valence-electron chi connectivity index (χ1n) is 4.40. The molecule has 1 aromatic rings. The first kappa shape index (κ1) is 13.1. The Bertz CT molecular complexity index is 392. The number of carbonyl (C=O) groups is 1. The highest BCUT2D eigenvalue weighted by Crippen LogP contribution is 2.37. The van der Waals surface area contributed by atoms with Gasteiger partial charge in [0, 0.05) is 0 Å². The molecule has 1 aromatic carbocycles. The van der Waals surface area contributed by atoms with Crippen LogP contribution in [0.4, 0.5) is 13.2 Å². The van der Waals surface area contributed by atoms with Crippen molar-refractivity contribution in [2.75, 3.05) is 14.2 Å². The van der Waals surface area contributed by atoms with Gasteiger partial charge in [-0.2, -0.15) is 13.2 Å². The molecule has 0 aliphatic heterocycles. The Morgan fingerprint density at radius 1 is 1.12 bits per heavy atom. The van der Waals surface area contributed by atoms with Crippen LogP contribution in [0.3, 0.4) is 0 Å². The lowest BCUT2D eigenvalue weighted by Crippen LogP contribution is -2.28. The molecule has 17 heavy (non-hydrogen) atoms. The van der Waals surface area contributed by atoms with Gasteiger partial charge in [0.1, 0.15) is 0 Å². The number of hydrogen-bond acceptors (Lipinski definition) is 4. The van der Waals surface area contributed by atoms with Crippen LogP contribution in [0.2, 0.25) is 0 Å². The Hall–Kier alpha value is -1.92. The van der Waals surface area contributed by atoms with E-state index in [9.17, 15) is 18.0 Å².